The summed E-state index contributed by atoms with van der Waals surface area (Å²) in [4.78, 5) is 14.6. The summed E-state index contributed by atoms with van der Waals surface area (Å²) in [5.41, 5.74) is 5.58. The first-order chi connectivity index (χ1) is 13.2. The van der Waals surface area contributed by atoms with Crippen molar-refractivity contribution < 1.29 is 4.74 Å². The van der Waals surface area contributed by atoms with Crippen LogP contribution in [0.3, 0.4) is 0 Å². The maximum atomic E-state index is 4.83. The van der Waals surface area contributed by atoms with E-state index in [9.17, 15) is 0 Å². The van der Waals surface area contributed by atoms with Crippen LogP contribution in [0.4, 0.5) is 0 Å². The molecule has 1 aliphatic rings. The van der Waals surface area contributed by atoms with Crippen LogP contribution in [-0.2, 0) is 11.2 Å². The number of aromatic nitrogens is 3. The van der Waals surface area contributed by atoms with E-state index in [0.29, 0.717) is 0 Å². The molecule has 3 heterocycles. The Morgan fingerprint density at radius 2 is 2.07 bits per heavy atom. The fourth-order valence-electron chi connectivity index (χ4n) is 2.96. The van der Waals surface area contributed by atoms with Gasteiger partial charge in [-0.05, 0) is 55.0 Å². The zero-order valence-electron chi connectivity index (χ0n) is 15.9. The molecule has 4 nitrogen and oxygen atoms in total. The number of fused-ring (bicyclic) bond motifs is 1. The molecule has 0 bridgehead atoms. The van der Waals surface area contributed by atoms with E-state index in [4.69, 9.17) is 9.72 Å². The summed E-state index contributed by atoms with van der Waals surface area (Å²) in [6, 6.07) is 8.23. The van der Waals surface area contributed by atoms with Gasteiger partial charge in [-0.2, -0.15) is 0 Å². The van der Waals surface area contributed by atoms with Gasteiger partial charge in [0.25, 0.3) is 0 Å². The van der Waals surface area contributed by atoms with E-state index in [2.05, 4.69) is 35.6 Å². The average molecular weight is 380 g/mol. The molecule has 5 heteroatoms. The third-order valence-corrected chi connectivity index (χ3v) is 5.38. The number of thiazole rings is 1. The highest BCUT2D eigenvalue weighted by Gasteiger charge is 2.16. The summed E-state index contributed by atoms with van der Waals surface area (Å²) < 4.78 is 4.69. The molecule has 27 heavy (non-hydrogen) atoms. The van der Waals surface area contributed by atoms with Crippen molar-refractivity contribution >= 4 is 16.9 Å². The first-order valence-electron chi connectivity index (χ1n) is 9.26. The van der Waals surface area contributed by atoms with E-state index < -0.39 is 0 Å². The maximum absolute atomic E-state index is 4.83. The Hall–Kier alpha value is -2.37. The number of hydrogen-bond donors (Lipinski definition) is 0. The fraction of sp³-hybridized carbons (Fsp3) is 0.318. The average Bonchev–Trinajstić information content (AvgIpc) is 3.20. The Morgan fingerprint density at radius 1 is 1.19 bits per heavy atom. The Morgan fingerprint density at radius 3 is 2.78 bits per heavy atom. The van der Waals surface area contributed by atoms with Crippen molar-refractivity contribution in [3.8, 4) is 21.1 Å². The SMILES string of the molecule is C=C1CCCc2ccc(-c3cnc(-c4cccnc4)s3)nc21.CCCOC. The Bertz CT molecular complexity index is 888. The van der Waals surface area contributed by atoms with Crippen molar-refractivity contribution in [1.29, 1.82) is 0 Å². The van der Waals surface area contributed by atoms with Gasteiger partial charge in [-0.25, -0.2) is 9.97 Å². The minimum absolute atomic E-state index is 0.889. The highest BCUT2D eigenvalue weighted by atomic mass is 32.1. The lowest BCUT2D eigenvalue weighted by Gasteiger charge is -2.17. The van der Waals surface area contributed by atoms with Crippen LogP contribution in [0.25, 0.3) is 26.7 Å². The van der Waals surface area contributed by atoms with E-state index in [1.807, 2.05) is 24.5 Å². The van der Waals surface area contributed by atoms with Crippen LogP contribution in [0.5, 0.6) is 0 Å². The van der Waals surface area contributed by atoms with Crippen molar-refractivity contribution in [2.75, 3.05) is 13.7 Å². The maximum Gasteiger partial charge on any atom is 0.125 e. The van der Waals surface area contributed by atoms with E-state index in [-0.39, 0.29) is 0 Å². The number of pyridine rings is 2. The van der Waals surface area contributed by atoms with Gasteiger partial charge in [0.2, 0.25) is 0 Å². The van der Waals surface area contributed by atoms with Gasteiger partial charge in [-0.15, -0.1) is 11.3 Å². The van der Waals surface area contributed by atoms with E-state index in [1.165, 1.54) is 12.0 Å². The van der Waals surface area contributed by atoms with Crippen LogP contribution in [0.15, 0.2) is 49.4 Å². The van der Waals surface area contributed by atoms with Crippen molar-refractivity contribution in [3.05, 3.63) is 60.7 Å². The van der Waals surface area contributed by atoms with Crippen LogP contribution in [0.1, 0.15) is 37.4 Å². The Kier molecular flexibility index (Phi) is 6.85. The predicted octanol–water partition coefficient (Wildman–Crippen LogP) is 5.66. The smallest absolute Gasteiger partial charge is 0.125 e. The molecular weight excluding hydrogens is 354 g/mol. The minimum Gasteiger partial charge on any atom is -0.385 e. The molecule has 0 atom stereocenters. The molecular formula is C22H25N3OS. The van der Waals surface area contributed by atoms with Crippen molar-refractivity contribution in [3.63, 3.8) is 0 Å². The van der Waals surface area contributed by atoms with E-state index in [0.717, 1.165) is 58.3 Å². The summed E-state index contributed by atoms with van der Waals surface area (Å²) in [5, 5.41) is 0.974. The van der Waals surface area contributed by atoms with Crippen LogP contribution < -0.4 is 0 Å². The monoisotopic (exact) mass is 379 g/mol. The second-order valence-electron chi connectivity index (χ2n) is 6.43. The number of nitrogens with zero attached hydrogens (tertiary/aromatic N) is 3. The molecule has 3 aromatic heterocycles. The fourth-order valence-corrected chi connectivity index (χ4v) is 3.84. The molecule has 0 saturated carbocycles. The molecule has 4 rings (SSSR count). The second-order valence-corrected chi connectivity index (χ2v) is 7.46. The quantitative estimate of drug-likeness (QED) is 0.587. The Labute approximate surface area is 165 Å². The van der Waals surface area contributed by atoms with Gasteiger partial charge < -0.3 is 4.74 Å². The molecule has 0 aliphatic heterocycles. The van der Waals surface area contributed by atoms with Crippen LogP contribution in [0, 0.1) is 0 Å². The zero-order chi connectivity index (χ0) is 19.1. The van der Waals surface area contributed by atoms with Gasteiger partial charge in [-0.3, -0.25) is 4.98 Å². The molecule has 3 aromatic rings. The van der Waals surface area contributed by atoms with Crippen molar-refractivity contribution in [1.82, 2.24) is 15.0 Å². The summed E-state index contributed by atoms with van der Waals surface area (Å²) in [6.07, 6.45) is 9.96. The van der Waals surface area contributed by atoms with E-state index in [1.54, 1.807) is 24.6 Å². The molecule has 0 aromatic carbocycles. The largest absolute Gasteiger partial charge is 0.385 e. The predicted molar refractivity (Wildman–Crippen MR) is 113 cm³/mol. The zero-order valence-corrected chi connectivity index (χ0v) is 16.8. The third-order valence-electron chi connectivity index (χ3n) is 4.31. The minimum atomic E-state index is 0.889. The topological polar surface area (TPSA) is 47.9 Å². The van der Waals surface area contributed by atoms with E-state index >= 15 is 0 Å². The van der Waals surface area contributed by atoms with Crippen molar-refractivity contribution in [2.45, 2.75) is 32.6 Å². The molecule has 1 aliphatic carbocycles. The highest BCUT2D eigenvalue weighted by Crippen LogP contribution is 2.34. The highest BCUT2D eigenvalue weighted by molar-refractivity contribution is 7.18. The number of allylic oxidation sites excluding steroid dienone is 1. The van der Waals surface area contributed by atoms with Crippen LogP contribution in [0.2, 0.25) is 0 Å². The normalized spacial score (nSPS) is 12.9. The molecule has 0 amide bonds. The summed E-state index contributed by atoms with van der Waals surface area (Å²) in [7, 11) is 1.71. The van der Waals surface area contributed by atoms with Gasteiger partial charge in [0.1, 0.15) is 5.01 Å². The molecule has 0 saturated heterocycles. The second kappa shape index (κ2) is 9.53. The third kappa shape index (κ3) is 4.87. The van der Waals surface area contributed by atoms with Gasteiger partial charge >= 0.3 is 0 Å². The molecule has 140 valence electrons. The van der Waals surface area contributed by atoms with Gasteiger partial charge in [-0.1, -0.05) is 19.6 Å². The molecule has 0 spiro atoms. The van der Waals surface area contributed by atoms with Crippen LogP contribution in [-0.4, -0.2) is 28.7 Å². The standard InChI is InChI=1S/C18H15N3S.C4H10O/c1-12-4-2-5-13-7-8-15(21-17(12)13)16-11-20-18(22-16)14-6-3-9-19-10-14;1-3-4-5-2/h3,6-11H,1-2,4-5H2;3-4H2,1-2H3. The number of ether oxygens (including phenoxy) is 1. The van der Waals surface area contributed by atoms with Crippen molar-refractivity contribution in [2.24, 2.45) is 0 Å². The number of rotatable bonds is 4. The lowest BCUT2D eigenvalue weighted by atomic mass is 9.92. The molecule has 0 radical (unpaired) electrons. The number of hydrogen-bond acceptors (Lipinski definition) is 5. The van der Waals surface area contributed by atoms with Gasteiger partial charge in [0, 0.05) is 37.9 Å². The lowest BCUT2D eigenvalue weighted by Crippen LogP contribution is -2.04. The number of aryl methyl sites for hydroxylation is 1. The first kappa shape index (κ1) is 19.4. The van der Waals surface area contributed by atoms with Gasteiger partial charge in [0.15, 0.2) is 0 Å². The molecule has 0 fully saturated rings. The number of methoxy groups -OCH3 is 1. The summed E-state index contributed by atoms with van der Waals surface area (Å²) >= 11 is 1.65. The Balaban J connectivity index is 0.000000376. The summed E-state index contributed by atoms with van der Waals surface area (Å²) in [6.45, 7) is 7.14. The summed E-state index contributed by atoms with van der Waals surface area (Å²) in [5.74, 6) is 0. The van der Waals surface area contributed by atoms with Crippen LogP contribution >= 0.6 is 11.3 Å². The lowest BCUT2D eigenvalue weighted by molar-refractivity contribution is 0.199. The molecule has 0 N–H and O–H groups in total. The van der Waals surface area contributed by atoms with Gasteiger partial charge in [0.05, 0.1) is 16.3 Å². The molecule has 0 unspecified atom stereocenters. The first-order valence-corrected chi connectivity index (χ1v) is 10.1.